The molecule has 1 fully saturated rings. The van der Waals surface area contributed by atoms with Crippen LogP contribution in [0.4, 0.5) is 0 Å². The number of carbonyl (C=O) groups is 2. The van der Waals surface area contributed by atoms with Gasteiger partial charge in [-0.25, -0.2) is 0 Å². The van der Waals surface area contributed by atoms with E-state index in [9.17, 15) is 9.59 Å². The lowest BCUT2D eigenvalue weighted by Gasteiger charge is -2.32. The van der Waals surface area contributed by atoms with Crippen molar-refractivity contribution in [3.8, 4) is 17.2 Å². The van der Waals surface area contributed by atoms with Crippen molar-refractivity contribution in [1.29, 1.82) is 0 Å². The van der Waals surface area contributed by atoms with Gasteiger partial charge in [0.1, 0.15) is 5.76 Å². The van der Waals surface area contributed by atoms with Crippen molar-refractivity contribution in [2.75, 3.05) is 34.4 Å². The fourth-order valence-corrected chi connectivity index (χ4v) is 3.43. The Morgan fingerprint density at radius 2 is 1.66 bits per heavy atom. The number of ether oxygens (including phenoxy) is 3. The molecule has 0 aliphatic carbocycles. The number of carbonyl (C=O) groups excluding carboxylic acids is 2. The Kier molecular flexibility index (Phi) is 6.31. The molecule has 8 heteroatoms. The second kappa shape index (κ2) is 8.89. The first-order valence-corrected chi connectivity index (χ1v) is 9.43. The van der Waals surface area contributed by atoms with Crippen LogP contribution in [0, 0.1) is 6.92 Å². The molecule has 156 valence electrons. The monoisotopic (exact) mass is 402 g/mol. The third-order valence-corrected chi connectivity index (χ3v) is 4.99. The van der Waals surface area contributed by atoms with Gasteiger partial charge in [-0.1, -0.05) is 0 Å². The van der Waals surface area contributed by atoms with Gasteiger partial charge in [0.05, 0.1) is 21.3 Å². The van der Waals surface area contributed by atoms with Crippen molar-refractivity contribution in [1.82, 2.24) is 10.2 Å². The highest BCUT2D eigenvalue weighted by atomic mass is 16.5. The number of benzene rings is 1. The smallest absolute Gasteiger partial charge is 0.287 e. The number of hydrogen-bond donors (Lipinski definition) is 1. The maximum atomic E-state index is 13.0. The van der Waals surface area contributed by atoms with E-state index in [-0.39, 0.29) is 17.9 Å². The first kappa shape index (κ1) is 20.6. The number of nitrogens with one attached hydrogen (secondary N) is 1. The van der Waals surface area contributed by atoms with Crippen LogP contribution in [0.3, 0.4) is 0 Å². The molecule has 0 radical (unpaired) electrons. The Morgan fingerprint density at radius 3 is 2.14 bits per heavy atom. The molecule has 2 amide bonds. The van der Waals surface area contributed by atoms with Gasteiger partial charge in [-0.3, -0.25) is 9.59 Å². The van der Waals surface area contributed by atoms with Gasteiger partial charge in [0, 0.05) is 24.7 Å². The number of furan rings is 1. The predicted molar refractivity (Wildman–Crippen MR) is 106 cm³/mol. The minimum Gasteiger partial charge on any atom is -0.493 e. The van der Waals surface area contributed by atoms with Crippen molar-refractivity contribution < 1.29 is 28.2 Å². The Morgan fingerprint density at radius 1 is 1.03 bits per heavy atom. The summed E-state index contributed by atoms with van der Waals surface area (Å²) in [6.07, 6.45) is 1.34. The van der Waals surface area contributed by atoms with Crippen LogP contribution in [0.2, 0.25) is 0 Å². The number of nitrogens with zero attached hydrogens (tertiary/aromatic N) is 1. The Labute approximate surface area is 169 Å². The molecule has 2 aromatic rings. The fourth-order valence-electron chi connectivity index (χ4n) is 3.43. The molecule has 1 saturated heterocycles. The SMILES string of the molecule is COc1cc(C(=O)N2CCC(NC(=O)c3ccc(C)o3)CC2)cc(OC)c1OC. The third kappa shape index (κ3) is 4.47. The number of likely N-dealkylation sites (tertiary alicyclic amines) is 1. The van der Waals surface area contributed by atoms with E-state index in [1.165, 1.54) is 21.3 Å². The van der Waals surface area contributed by atoms with Gasteiger partial charge in [-0.05, 0) is 44.0 Å². The molecule has 0 spiro atoms. The summed E-state index contributed by atoms with van der Waals surface area (Å²) < 4.78 is 21.3. The highest BCUT2D eigenvalue weighted by molar-refractivity contribution is 5.96. The molecular formula is C21H26N2O6. The number of methoxy groups -OCH3 is 3. The normalized spacial score (nSPS) is 14.4. The van der Waals surface area contributed by atoms with E-state index < -0.39 is 0 Å². The zero-order valence-corrected chi connectivity index (χ0v) is 17.1. The Bertz CT molecular complexity index is 858. The first-order valence-electron chi connectivity index (χ1n) is 9.43. The van der Waals surface area contributed by atoms with E-state index in [1.54, 1.807) is 36.1 Å². The lowest BCUT2D eigenvalue weighted by Crippen LogP contribution is -2.46. The van der Waals surface area contributed by atoms with Crippen LogP contribution in [0.15, 0.2) is 28.7 Å². The molecule has 1 aliphatic rings. The van der Waals surface area contributed by atoms with Crippen molar-refractivity contribution in [3.05, 3.63) is 41.3 Å². The van der Waals surface area contributed by atoms with E-state index in [0.29, 0.717) is 60.3 Å². The van der Waals surface area contributed by atoms with E-state index >= 15 is 0 Å². The molecule has 0 unspecified atom stereocenters. The summed E-state index contributed by atoms with van der Waals surface area (Å²) in [5, 5.41) is 2.97. The number of piperidine rings is 1. The van der Waals surface area contributed by atoms with Gasteiger partial charge in [-0.15, -0.1) is 0 Å². The van der Waals surface area contributed by atoms with Gasteiger partial charge in [0.2, 0.25) is 5.75 Å². The largest absolute Gasteiger partial charge is 0.493 e. The molecule has 1 aromatic carbocycles. The van der Waals surface area contributed by atoms with Crippen molar-refractivity contribution in [2.45, 2.75) is 25.8 Å². The summed E-state index contributed by atoms with van der Waals surface area (Å²) >= 11 is 0. The number of amides is 2. The lowest BCUT2D eigenvalue weighted by molar-refractivity contribution is 0.0694. The summed E-state index contributed by atoms with van der Waals surface area (Å²) in [6, 6.07) is 6.71. The summed E-state index contributed by atoms with van der Waals surface area (Å²) in [6.45, 7) is 2.87. The molecule has 0 atom stereocenters. The second-order valence-corrected chi connectivity index (χ2v) is 6.86. The second-order valence-electron chi connectivity index (χ2n) is 6.86. The van der Waals surface area contributed by atoms with Crippen LogP contribution in [0.5, 0.6) is 17.2 Å². The standard InChI is InChI=1S/C21H26N2O6/c1-13-5-6-16(29-13)20(24)22-15-7-9-23(10-8-15)21(25)14-11-17(26-2)19(28-4)18(12-14)27-3/h5-6,11-12,15H,7-10H2,1-4H3,(H,22,24). The highest BCUT2D eigenvalue weighted by Gasteiger charge is 2.27. The van der Waals surface area contributed by atoms with Gasteiger partial charge < -0.3 is 28.8 Å². The Hall–Kier alpha value is -3.16. The molecule has 1 aromatic heterocycles. The average molecular weight is 402 g/mol. The van der Waals surface area contributed by atoms with Crippen molar-refractivity contribution >= 4 is 11.8 Å². The van der Waals surface area contributed by atoms with Crippen LogP contribution >= 0.6 is 0 Å². The molecule has 1 aliphatic heterocycles. The molecule has 3 rings (SSSR count). The van der Waals surface area contributed by atoms with Crippen molar-refractivity contribution in [2.24, 2.45) is 0 Å². The Balaban J connectivity index is 1.63. The quantitative estimate of drug-likeness (QED) is 0.799. The highest BCUT2D eigenvalue weighted by Crippen LogP contribution is 2.38. The first-order chi connectivity index (χ1) is 14.0. The summed E-state index contributed by atoms with van der Waals surface area (Å²) in [5.41, 5.74) is 0.466. The maximum Gasteiger partial charge on any atom is 0.287 e. The number of aryl methyl sites for hydroxylation is 1. The molecular weight excluding hydrogens is 376 g/mol. The van der Waals surface area contributed by atoms with Crippen LogP contribution in [-0.4, -0.2) is 57.2 Å². The fraction of sp³-hybridized carbons (Fsp3) is 0.429. The van der Waals surface area contributed by atoms with Gasteiger partial charge >= 0.3 is 0 Å². The van der Waals surface area contributed by atoms with Crippen molar-refractivity contribution in [3.63, 3.8) is 0 Å². The topological polar surface area (TPSA) is 90.2 Å². The molecule has 0 bridgehead atoms. The van der Waals surface area contributed by atoms with E-state index in [1.807, 2.05) is 0 Å². The molecule has 1 N–H and O–H groups in total. The molecule has 2 heterocycles. The van der Waals surface area contributed by atoms with Gasteiger partial charge in [-0.2, -0.15) is 0 Å². The predicted octanol–water partition coefficient (Wildman–Crippen LogP) is 2.65. The average Bonchev–Trinajstić information content (AvgIpc) is 3.19. The molecule has 8 nitrogen and oxygen atoms in total. The van der Waals surface area contributed by atoms with Gasteiger partial charge in [0.15, 0.2) is 17.3 Å². The van der Waals surface area contributed by atoms with E-state index in [0.717, 1.165) is 0 Å². The van der Waals surface area contributed by atoms with Crippen LogP contribution in [0.1, 0.15) is 39.5 Å². The van der Waals surface area contributed by atoms with Gasteiger partial charge in [0.25, 0.3) is 11.8 Å². The zero-order valence-electron chi connectivity index (χ0n) is 17.1. The molecule has 29 heavy (non-hydrogen) atoms. The maximum absolute atomic E-state index is 13.0. The zero-order chi connectivity index (χ0) is 21.0. The number of hydrogen-bond acceptors (Lipinski definition) is 6. The summed E-state index contributed by atoms with van der Waals surface area (Å²) in [4.78, 5) is 27.0. The van der Waals surface area contributed by atoms with E-state index in [4.69, 9.17) is 18.6 Å². The minimum absolute atomic E-state index is 0.00287. The van der Waals surface area contributed by atoms with Crippen LogP contribution in [-0.2, 0) is 0 Å². The third-order valence-electron chi connectivity index (χ3n) is 4.99. The minimum atomic E-state index is -0.229. The van der Waals surface area contributed by atoms with Crippen LogP contribution in [0.25, 0.3) is 0 Å². The number of rotatable bonds is 6. The summed E-state index contributed by atoms with van der Waals surface area (Å²) in [7, 11) is 4.55. The lowest BCUT2D eigenvalue weighted by atomic mass is 10.0. The summed E-state index contributed by atoms with van der Waals surface area (Å²) in [5.74, 6) is 1.97. The molecule has 0 saturated carbocycles. The van der Waals surface area contributed by atoms with E-state index in [2.05, 4.69) is 5.32 Å². The van der Waals surface area contributed by atoms with Crippen LogP contribution < -0.4 is 19.5 Å².